The number of carbonyl (C=O) groups is 4. The highest BCUT2D eigenvalue weighted by molar-refractivity contribution is 7.47. The van der Waals surface area contributed by atoms with Crippen molar-refractivity contribution in [3.05, 3.63) is 24.3 Å². The van der Waals surface area contributed by atoms with E-state index in [4.69, 9.17) is 37.0 Å². The van der Waals surface area contributed by atoms with Gasteiger partial charge in [0.2, 0.25) is 0 Å². The Hall–Kier alpha value is -2.46. The standard InChI is InChI=1S/C75H142O17P2/c1-6-9-12-15-18-21-24-26-28-29-30-31-33-35-38-41-44-51-56-61-75(80)91-70(64-85-72(77)58-53-48-42-39-37-34-32-27-25-22-19-16-13-10-7-2)66-89-93(81,82)87-62-69(76)63-88-94(83,84)90-67-71(65-86-73(78)59-54-49-46-45-47-52-57-68(4)5)92-74(79)60-55-50-43-40-36-23-20-17-14-11-8-3/h22,25,27,32,68-71,76H,6-21,23-24,26,28-31,33-67H2,1-5H3,(H,81,82)(H,83,84)/b25-22-,32-27-/t69-,70-,71-/m1/s1. The molecule has 0 aliphatic rings. The van der Waals surface area contributed by atoms with E-state index in [1.54, 1.807) is 0 Å². The summed E-state index contributed by atoms with van der Waals surface area (Å²) in [5.41, 5.74) is 0. The van der Waals surface area contributed by atoms with Gasteiger partial charge in [-0.3, -0.25) is 37.3 Å². The lowest BCUT2D eigenvalue weighted by molar-refractivity contribution is -0.161. The van der Waals surface area contributed by atoms with Crippen molar-refractivity contribution in [3.8, 4) is 0 Å². The van der Waals surface area contributed by atoms with Crippen molar-refractivity contribution in [1.82, 2.24) is 0 Å². The molecule has 0 saturated carbocycles. The largest absolute Gasteiger partial charge is 0.472 e. The van der Waals surface area contributed by atoms with E-state index in [2.05, 4.69) is 58.9 Å². The monoisotopic (exact) mass is 1380 g/mol. The summed E-state index contributed by atoms with van der Waals surface area (Å²) in [6.07, 6.45) is 59.3. The van der Waals surface area contributed by atoms with E-state index in [-0.39, 0.29) is 25.7 Å². The molecule has 17 nitrogen and oxygen atoms in total. The second-order valence-electron chi connectivity index (χ2n) is 26.8. The third kappa shape index (κ3) is 68.1. The molecule has 0 saturated heterocycles. The maximum atomic E-state index is 13.1. The molecule has 0 aromatic rings. The molecule has 554 valence electrons. The molecule has 94 heavy (non-hydrogen) atoms. The second-order valence-corrected chi connectivity index (χ2v) is 29.7. The highest BCUT2D eigenvalue weighted by Gasteiger charge is 2.30. The first-order chi connectivity index (χ1) is 45.5. The Bertz CT molecular complexity index is 1900. The minimum atomic E-state index is -4.96. The fourth-order valence-corrected chi connectivity index (χ4v) is 12.6. The zero-order valence-electron chi connectivity index (χ0n) is 60.6. The number of hydrogen-bond acceptors (Lipinski definition) is 15. The molecule has 0 fully saturated rings. The van der Waals surface area contributed by atoms with Crippen molar-refractivity contribution in [2.75, 3.05) is 39.6 Å². The molecule has 2 unspecified atom stereocenters. The van der Waals surface area contributed by atoms with Gasteiger partial charge < -0.3 is 33.8 Å². The first-order valence-corrected chi connectivity index (χ1v) is 41.4. The predicted octanol–water partition coefficient (Wildman–Crippen LogP) is 21.6. The van der Waals surface area contributed by atoms with Crippen LogP contribution in [0.5, 0.6) is 0 Å². The van der Waals surface area contributed by atoms with Crippen LogP contribution < -0.4 is 0 Å². The number of hydrogen-bond donors (Lipinski definition) is 3. The first kappa shape index (κ1) is 91.5. The minimum absolute atomic E-state index is 0.102. The molecular weight excluding hydrogens is 1230 g/mol. The van der Waals surface area contributed by atoms with E-state index in [0.717, 1.165) is 116 Å². The number of allylic oxidation sites excluding steroid dienone is 4. The summed E-state index contributed by atoms with van der Waals surface area (Å²) in [5, 5.41) is 10.6. The molecule has 19 heteroatoms. The van der Waals surface area contributed by atoms with Gasteiger partial charge in [0.25, 0.3) is 0 Å². The van der Waals surface area contributed by atoms with Gasteiger partial charge >= 0.3 is 39.5 Å². The van der Waals surface area contributed by atoms with Crippen molar-refractivity contribution >= 4 is 39.5 Å². The number of phosphoric ester groups is 2. The molecule has 0 aliphatic carbocycles. The van der Waals surface area contributed by atoms with E-state index in [0.29, 0.717) is 31.6 Å². The van der Waals surface area contributed by atoms with Crippen LogP contribution >= 0.6 is 15.6 Å². The topological polar surface area (TPSA) is 237 Å². The molecule has 0 amide bonds. The SMILES string of the molecule is CCCCCC/C=C\C=C/CCCCCCCC(=O)OC[C@H](COP(=O)(O)OC[C@@H](O)COP(=O)(O)OC[C@@H](COC(=O)CCCCCCCCC(C)C)OC(=O)CCCCCCCCCCCCC)OC(=O)CCCCCCCCCCCCCCCCCCCCC. The highest BCUT2D eigenvalue weighted by atomic mass is 31.2. The van der Waals surface area contributed by atoms with Crippen molar-refractivity contribution in [2.24, 2.45) is 5.92 Å². The van der Waals surface area contributed by atoms with Gasteiger partial charge in [0.15, 0.2) is 12.2 Å². The van der Waals surface area contributed by atoms with Crippen LogP contribution in [0.15, 0.2) is 24.3 Å². The van der Waals surface area contributed by atoms with Crippen LogP contribution in [-0.2, 0) is 65.4 Å². The fraction of sp³-hybridized carbons (Fsp3) is 0.893. The number of esters is 4. The van der Waals surface area contributed by atoms with Crippen LogP contribution in [0.4, 0.5) is 0 Å². The van der Waals surface area contributed by atoms with Gasteiger partial charge in [-0.05, 0) is 57.3 Å². The Balaban J connectivity index is 5.25. The van der Waals surface area contributed by atoms with Gasteiger partial charge in [0, 0.05) is 25.7 Å². The summed E-state index contributed by atoms with van der Waals surface area (Å²) in [7, 11) is -9.92. The number of ether oxygens (including phenoxy) is 4. The third-order valence-corrected chi connectivity index (χ3v) is 18.8. The molecule has 0 spiro atoms. The van der Waals surface area contributed by atoms with E-state index in [1.807, 2.05) is 0 Å². The number of phosphoric acid groups is 2. The number of carbonyl (C=O) groups excluding carboxylic acids is 4. The van der Waals surface area contributed by atoms with Crippen LogP contribution in [0, 0.1) is 5.92 Å². The van der Waals surface area contributed by atoms with Crippen molar-refractivity contribution in [2.45, 2.75) is 387 Å². The Labute approximate surface area is 573 Å². The quantitative estimate of drug-likeness (QED) is 0.0169. The second kappa shape index (κ2) is 67.7. The summed E-state index contributed by atoms with van der Waals surface area (Å²) in [6.45, 7) is 7.13. The molecule has 0 rings (SSSR count). The Morgan fingerprint density at radius 3 is 0.872 bits per heavy atom. The van der Waals surface area contributed by atoms with Crippen LogP contribution in [0.3, 0.4) is 0 Å². The molecule has 0 heterocycles. The van der Waals surface area contributed by atoms with Gasteiger partial charge in [-0.25, -0.2) is 9.13 Å². The smallest absolute Gasteiger partial charge is 0.462 e. The predicted molar refractivity (Wildman–Crippen MR) is 381 cm³/mol. The number of unbranched alkanes of at least 4 members (excludes halogenated alkanes) is 42. The number of aliphatic hydroxyl groups excluding tert-OH is 1. The number of rotatable bonds is 73. The van der Waals surface area contributed by atoms with Crippen molar-refractivity contribution in [1.29, 1.82) is 0 Å². The molecule has 0 bridgehead atoms. The molecule has 3 N–H and O–H groups in total. The van der Waals surface area contributed by atoms with Gasteiger partial charge in [-0.2, -0.15) is 0 Å². The van der Waals surface area contributed by atoms with Crippen molar-refractivity contribution in [3.63, 3.8) is 0 Å². The minimum Gasteiger partial charge on any atom is -0.462 e. The first-order valence-electron chi connectivity index (χ1n) is 38.5. The van der Waals surface area contributed by atoms with E-state index in [1.165, 1.54) is 167 Å². The lowest BCUT2D eigenvalue weighted by atomic mass is 10.0. The Morgan fingerprint density at radius 1 is 0.330 bits per heavy atom. The Morgan fingerprint density at radius 2 is 0.574 bits per heavy atom. The summed E-state index contributed by atoms with van der Waals surface area (Å²) in [4.78, 5) is 72.7. The lowest BCUT2D eigenvalue weighted by Gasteiger charge is -2.21. The average Bonchev–Trinajstić information content (AvgIpc) is 1.54. The van der Waals surface area contributed by atoms with E-state index < -0.39 is 97.5 Å². The summed E-state index contributed by atoms with van der Waals surface area (Å²) >= 11 is 0. The van der Waals surface area contributed by atoms with Gasteiger partial charge in [-0.15, -0.1) is 0 Å². The zero-order chi connectivity index (χ0) is 69.1. The van der Waals surface area contributed by atoms with Gasteiger partial charge in [-0.1, -0.05) is 316 Å². The van der Waals surface area contributed by atoms with E-state index >= 15 is 0 Å². The third-order valence-electron chi connectivity index (χ3n) is 16.9. The molecule has 0 aromatic heterocycles. The zero-order valence-corrected chi connectivity index (χ0v) is 62.4. The van der Waals surface area contributed by atoms with Gasteiger partial charge in [0.05, 0.1) is 26.4 Å². The van der Waals surface area contributed by atoms with Crippen molar-refractivity contribution < 1.29 is 80.2 Å². The molecule has 0 radical (unpaired) electrons. The summed E-state index contributed by atoms with van der Waals surface area (Å²) < 4.78 is 68.4. The lowest BCUT2D eigenvalue weighted by Crippen LogP contribution is -2.30. The molecular formula is C75H142O17P2. The highest BCUT2D eigenvalue weighted by Crippen LogP contribution is 2.45. The van der Waals surface area contributed by atoms with Crippen LogP contribution in [0.1, 0.15) is 369 Å². The molecule has 0 aliphatic heterocycles. The van der Waals surface area contributed by atoms with Crippen LogP contribution in [0.2, 0.25) is 0 Å². The summed E-state index contributed by atoms with van der Waals surface area (Å²) in [6, 6.07) is 0. The van der Waals surface area contributed by atoms with Crippen LogP contribution in [0.25, 0.3) is 0 Å². The molecule has 0 aromatic carbocycles. The van der Waals surface area contributed by atoms with E-state index in [9.17, 15) is 43.2 Å². The molecule has 5 atom stereocenters. The average molecular weight is 1380 g/mol. The maximum Gasteiger partial charge on any atom is 0.472 e. The number of aliphatic hydroxyl groups is 1. The maximum absolute atomic E-state index is 13.1. The van der Waals surface area contributed by atoms with Crippen LogP contribution in [-0.4, -0.2) is 96.7 Å². The normalized spacial score (nSPS) is 14.1. The fourth-order valence-electron chi connectivity index (χ4n) is 11.0. The Kier molecular flexibility index (Phi) is 65.9. The van der Waals surface area contributed by atoms with Gasteiger partial charge in [0.1, 0.15) is 19.3 Å². The summed E-state index contributed by atoms with van der Waals surface area (Å²) in [5.74, 6) is -1.47.